The Labute approximate surface area is 156 Å². The molecule has 3 aromatic rings. The van der Waals surface area contributed by atoms with Crippen LogP contribution in [0.4, 0.5) is 11.6 Å². The molecule has 1 aromatic carbocycles. The second-order valence-corrected chi connectivity index (χ2v) is 6.17. The summed E-state index contributed by atoms with van der Waals surface area (Å²) in [7, 11) is 1.77. The third-order valence-corrected chi connectivity index (χ3v) is 4.06. The smallest absolute Gasteiger partial charge is 0.262 e. The largest absolute Gasteiger partial charge is 0.384 e. The number of anilines is 2. The zero-order valence-corrected chi connectivity index (χ0v) is 15.2. The minimum Gasteiger partial charge on any atom is -0.384 e. The average molecular weight is 363 g/mol. The number of rotatable bonds is 6. The summed E-state index contributed by atoms with van der Waals surface area (Å²) >= 11 is 0. The summed E-state index contributed by atoms with van der Waals surface area (Å²) in [6.45, 7) is 2.44. The molecule has 0 bridgehead atoms. The highest BCUT2D eigenvalue weighted by Gasteiger charge is 2.16. The van der Waals surface area contributed by atoms with E-state index < -0.39 is 0 Å². The lowest BCUT2D eigenvalue weighted by molar-refractivity contribution is 0.102. The fourth-order valence-electron chi connectivity index (χ4n) is 2.53. The molecule has 8 heteroatoms. The quantitative estimate of drug-likeness (QED) is 0.395. The van der Waals surface area contributed by atoms with Gasteiger partial charge in [-0.05, 0) is 24.1 Å². The Morgan fingerprint density at radius 1 is 1.19 bits per heavy atom. The molecule has 0 fully saturated rings. The Kier molecular flexibility index (Phi) is 5.16. The number of amidine groups is 1. The van der Waals surface area contributed by atoms with E-state index in [1.54, 1.807) is 36.1 Å². The van der Waals surface area contributed by atoms with Crippen molar-refractivity contribution in [3.05, 3.63) is 71.0 Å². The van der Waals surface area contributed by atoms with Gasteiger partial charge < -0.3 is 16.4 Å². The number of carbonyl (C=O) groups excluding carboxylic acids is 1. The van der Waals surface area contributed by atoms with Gasteiger partial charge in [0.2, 0.25) is 0 Å². The Bertz CT molecular complexity index is 959. The van der Waals surface area contributed by atoms with Crippen molar-refractivity contribution in [2.24, 2.45) is 12.8 Å². The molecular formula is C19H21N7O. The van der Waals surface area contributed by atoms with E-state index in [1.807, 2.05) is 25.1 Å². The lowest BCUT2D eigenvalue weighted by atomic mass is 10.1. The van der Waals surface area contributed by atoms with Crippen LogP contribution in [-0.2, 0) is 13.6 Å². The first kappa shape index (κ1) is 18.1. The number of pyridine rings is 1. The number of hydrogen-bond donors (Lipinski definition) is 4. The molecule has 27 heavy (non-hydrogen) atoms. The van der Waals surface area contributed by atoms with Gasteiger partial charge in [0.25, 0.3) is 5.91 Å². The standard InChI is InChI=1S/C19H21N7O/c1-12-3-8-16(22-9-12)25-19(27)15-11-24-26(2)18(15)23-10-13-4-6-14(7-5-13)17(20)21/h3-9,11,23H,10H2,1-2H3,(H3,20,21)(H,22,25,27). The molecule has 0 unspecified atom stereocenters. The third-order valence-electron chi connectivity index (χ3n) is 4.06. The molecule has 8 nitrogen and oxygen atoms in total. The highest BCUT2D eigenvalue weighted by molar-refractivity contribution is 6.07. The second kappa shape index (κ2) is 7.69. The molecule has 138 valence electrons. The first-order chi connectivity index (χ1) is 12.9. The van der Waals surface area contributed by atoms with Gasteiger partial charge in [0.05, 0.1) is 6.20 Å². The van der Waals surface area contributed by atoms with Gasteiger partial charge in [-0.3, -0.25) is 14.9 Å². The number of aromatic nitrogens is 3. The lowest BCUT2D eigenvalue weighted by Gasteiger charge is -2.10. The summed E-state index contributed by atoms with van der Waals surface area (Å²) in [6, 6.07) is 11.0. The number of aryl methyl sites for hydroxylation is 2. The number of amides is 1. The Hall–Kier alpha value is -3.68. The van der Waals surface area contributed by atoms with Gasteiger partial charge in [0, 0.05) is 25.4 Å². The van der Waals surface area contributed by atoms with Gasteiger partial charge in [-0.25, -0.2) is 4.98 Å². The molecule has 2 aromatic heterocycles. The highest BCUT2D eigenvalue weighted by Crippen LogP contribution is 2.17. The van der Waals surface area contributed by atoms with Crippen LogP contribution in [-0.4, -0.2) is 26.5 Å². The van der Waals surface area contributed by atoms with E-state index >= 15 is 0 Å². The van der Waals surface area contributed by atoms with Crippen molar-refractivity contribution < 1.29 is 4.79 Å². The molecule has 1 amide bonds. The predicted molar refractivity (Wildman–Crippen MR) is 105 cm³/mol. The number of nitrogens with zero attached hydrogens (tertiary/aromatic N) is 3. The predicted octanol–water partition coefficient (Wildman–Crippen LogP) is 2.27. The summed E-state index contributed by atoms with van der Waals surface area (Å²) < 4.78 is 1.61. The van der Waals surface area contributed by atoms with Crippen LogP contribution in [0.15, 0.2) is 48.8 Å². The van der Waals surface area contributed by atoms with Gasteiger partial charge in [0.1, 0.15) is 23.0 Å². The van der Waals surface area contributed by atoms with E-state index in [2.05, 4.69) is 20.7 Å². The normalized spacial score (nSPS) is 10.4. The van der Waals surface area contributed by atoms with Crippen LogP contribution in [0, 0.1) is 12.3 Å². The number of nitrogens with one attached hydrogen (secondary N) is 3. The number of nitrogens with two attached hydrogens (primary N) is 1. The van der Waals surface area contributed by atoms with E-state index in [9.17, 15) is 4.79 Å². The van der Waals surface area contributed by atoms with Crippen molar-refractivity contribution in [2.45, 2.75) is 13.5 Å². The van der Waals surface area contributed by atoms with Crippen LogP contribution >= 0.6 is 0 Å². The molecule has 3 rings (SSSR count). The molecule has 0 aliphatic carbocycles. The number of hydrogen-bond acceptors (Lipinski definition) is 5. The molecule has 0 radical (unpaired) electrons. The van der Waals surface area contributed by atoms with Crippen LogP contribution in [0.3, 0.4) is 0 Å². The molecule has 2 heterocycles. The first-order valence-electron chi connectivity index (χ1n) is 8.37. The van der Waals surface area contributed by atoms with Crippen LogP contribution in [0.25, 0.3) is 0 Å². The Morgan fingerprint density at radius 3 is 2.56 bits per heavy atom. The van der Waals surface area contributed by atoms with Gasteiger partial charge >= 0.3 is 0 Å². The van der Waals surface area contributed by atoms with Crippen LogP contribution < -0.4 is 16.4 Å². The molecule has 0 aliphatic rings. The van der Waals surface area contributed by atoms with Crippen molar-refractivity contribution in [3.8, 4) is 0 Å². The number of nitrogen functional groups attached to an aromatic ring is 1. The summed E-state index contributed by atoms with van der Waals surface area (Å²) in [5, 5.41) is 17.6. The third kappa shape index (κ3) is 4.30. The van der Waals surface area contributed by atoms with Crippen LogP contribution in [0.2, 0.25) is 0 Å². The van der Waals surface area contributed by atoms with Gasteiger partial charge in [-0.2, -0.15) is 5.10 Å². The monoisotopic (exact) mass is 363 g/mol. The maximum absolute atomic E-state index is 12.6. The topological polar surface area (TPSA) is 122 Å². The average Bonchev–Trinajstić information content (AvgIpc) is 3.03. The highest BCUT2D eigenvalue weighted by atomic mass is 16.1. The van der Waals surface area contributed by atoms with Crippen molar-refractivity contribution in [2.75, 3.05) is 10.6 Å². The summed E-state index contributed by atoms with van der Waals surface area (Å²) in [4.78, 5) is 16.8. The van der Waals surface area contributed by atoms with Crippen LogP contribution in [0.1, 0.15) is 27.0 Å². The fraction of sp³-hybridized carbons (Fsp3) is 0.158. The van der Waals surface area contributed by atoms with Crippen molar-refractivity contribution in [1.82, 2.24) is 14.8 Å². The minimum absolute atomic E-state index is 0.0322. The molecule has 0 saturated heterocycles. The summed E-state index contributed by atoms with van der Waals surface area (Å²) in [6.07, 6.45) is 3.22. The number of benzene rings is 1. The summed E-state index contributed by atoms with van der Waals surface area (Å²) in [5.41, 5.74) is 8.58. The fourth-order valence-corrected chi connectivity index (χ4v) is 2.53. The van der Waals surface area contributed by atoms with Crippen LogP contribution in [0.5, 0.6) is 0 Å². The van der Waals surface area contributed by atoms with Gasteiger partial charge in [0.15, 0.2) is 0 Å². The molecule has 0 saturated carbocycles. The Morgan fingerprint density at radius 2 is 1.93 bits per heavy atom. The van der Waals surface area contributed by atoms with E-state index in [0.717, 1.165) is 11.1 Å². The molecular weight excluding hydrogens is 342 g/mol. The van der Waals surface area contributed by atoms with E-state index in [4.69, 9.17) is 11.1 Å². The van der Waals surface area contributed by atoms with E-state index in [1.165, 1.54) is 6.20 Å². The van der Waals surface area contributed by atoms with Crippen molar-refractivity contribution in [3.63, 3.8) is 0 Å². The molecule has 0 atom stereocenters. The maximum atomic E-state index is 12.6. The van der Waals surface area contributed by atoms with Gasteiger partial charge in [-0.15, -0.1) is 0 Å². The maximum Gasteiger partial charge on any atom is 0.262 e. The molecule has 0 aliphatic heterocycles. The van der Waals surface area contributed by atoms with Gasteiger partial charge in [-0.1, -0.05) is 30.3 Å². The van der Waals surface area contributed by atoms with E-state index in [0.29, 0.717) is 29.3 Å². The SMILES string of the molecule is Cc1ccc(NC(=O)c2cnn(C)c2NCc2ccc(C(=N)N)cc2)nc1. The lowest BCUT2D eigenvalue weighted by Crippen LogP contribution is -2.16. The first-order valence-corrected chi connectivity index (χ1v) is 8.37. The summed E-state index contributed by atoms with van der Waals surface area (Å²) in [5.74, 6) is 0.842. The van der Waals surface area contributed by atoms with Crippen molar-refractivity contribution >= 4 is 23.4 Å². The zero-order chi connectivity index (χ0) is 19.4. The van der Waals surface area contributed by atoms with Crippen molar-refractivity contribution in [1.29, 1.82) is 5.41 Å². The molecule has 5 N–H and O–H groups in total. The van der Waals surface area contributed by atoms with E-state index in [-0.39, 0.29) is 11.7 Å². The number of carbonyl (C=O) groups is 1. The molecule has 0 spiro atoms. The second-order valence-electron chi connectivity index (χ2n) is 6.17. The Balaban J connectivity index is 1.71. The zero-order valence-electron chi connectivity index (χ0n) is 15.2. The minimum atomic E-state index is -0.283.